The number of carbonyl (C=O) groups excluding carboxylic acids is 1. The van der Waals surface area contributed by atoms with E-state index in [-0.39, 0.29) is 11.9 Å². The van der Waals surface area contributed by atoms with E-state index in [1.165, 1.54) is 0 Å². The largest absolute Gasteiger partial charge is 0.382 e. The molecule has 0 bridgehead atoms. The Morgan fingerprint density at radius 2 is 2.29 bits per heavy atom. The second-order valence-corrected chi connectivity index (χ2v) is 4.36. The van der Waals surface area contributed by atoms with Gasteiger partial charge in [0, 0.05) is 22.7 Å². The van der Waals surface area contributed by atoms with Gasteiger partial charge in [-0.3, -0.25) is 4.79 Å². The molecule has 2 rings (SSSR count). The molecule has 0 radical (unpaired) electrons. The monoisotopic (exact) mass is 254 g/mol. The van der Waals surface area contributed by atoms with Gasteiger partial charge in [-0.1, -0.05) is 15.9 Å². The molecule has 1 aliphatic heterocycles. The molecule has 1 aromatic rings. The minimum absolute atomic E-state index is 0.00926. The molecule has 74 valence electrons. The molecule has 1 amide bonds. The summed E-state index contributed by atoms with van der Waals surface area (Å²) in [4.78, 5) is 11.7. The summed E-state index contributed by atoms with van der Waals surface area (Å²) in [5.41, 5.74) is 1.60. The fourth-order valence-electron chi connectivity index (χ4n) is 1.48. The SMILES string of the molecule is C[C@H]1CNc2cc(Br)ccc2C(=O)N1. The molecule has 0 aliphatic carbocycles. The van der Waals surface area contributed by atoms with E-state index in [0.29, 0.717) is 5.56 Å². The molecule has 0 unspecified atom stereocenters. The highest BCUT2D eigenvalue weighted by atomic mass is 79.9. The molecule has 1 aromatic carbocycles. The maximum absolute atomic E-state index is 11.7. The van der Waals surface area contributed by atoms with Crippen molar-refractivity contribution in [3.63, 3.8) is 0 Å². The summed E-state index contributed by atoms with van der Waals surface area (Å²) in [6.45, 7) is 2.74. The van der Waals surface area contributed by atoms with Crippen molar-refractivity contribution < 1.29 is 4.79 Å². The molecule has 0 saturated heterocycles. The third kappa shape index (κ3) is 1.75. The maximum atomic E-state index is 11.7. The molecule has 2 N–H and O–H groups in total. The van der Waals surface area contributed by atoms with Gasteiger partial charge in [-0.25, -0.2) is 0 Å². The van der Waals surface area contributed by atoms with Crippen LogP contribution in [-0.4, -0.2) is 18.5 Å². The molecule has 1 atom stereocenters. The molecule has 0 spiro atoms. The van der Waals surface area contributed by atoms with Crippen LogP contribution in [0.3, 0.4) is 0 Å². The first-order valence-electron chi connectivity index (χ1n) is 4.51. The summed E-state index contributed by atoms with van der Waals surface area (Å²) in [5.74, 6) is -0.00926. The van der Waals surface area contributed by atoms with Crippen LogP contribution in [0.25, 0.3) is 0 Å². The maximum Gasteiger partial charge on any atom is 0.253 e. The summed E-state index contributed by atoms with van der Waals surface area (Å²) < 4.78 is 0.978. The predicted molar refractivity (Wildman–Crippen MR) is 59.6 cm³/mol. The van der Waals surface area contributed by atoms with Crippen molar-refractivity contribution in [2.45, 2.75) is 13.0 Å². The summed E-state index contributed by atoms with van der Waals surface area (Å²) in [5, 5.41) is 6.13. The van der Waals surface area contributed by atoms with E-state index in [4.69, 9.17) is 0 Å². The molecule has 0 fully saturated rings. The molecular weight excluding hydrogens is 244 g/mol. The van der Waals surface area contributed by atoms with Crippen LogP contribution < -0.4 is 10.6 Å². The lowest BCUT2D eigenvalue weighted by Crippen LogP contribution is -2.34. The lowest BCUT2D eigenvalue weighted by atomic mass is 10.1. The zero-order valence-corrected chi connectivity index (χ0v) is 9.39. The van der Waals surface area contributed by atoms with Gasteiger partial charge in [0.2, 0.25) is 0 Å². The summed E-state index contributed by atoms with van der Waals surface area (Å²) in [6, 6.07) is 5.77. The number of halogens is 1. The van der Waals surface area contributed by atoms with Gasteiger partial charge in [-0.05, 0) is 25.1 Å². The van der Waals surface area contributed by atoms with Crippen LogP contribution in [0.4, 0.5) is 5.69 Å². The van der Waals surface area contributed by atoms with E-state index in [1.807, 2.05) is 25.1 Å². The van der Waals surface area contributed by atoms with E-state index < -0.39 is 0 Å². The molecule has 0 saturated carbocycles. The van der Waals surface area contributed by atoms with Crippen LogP contribution in [-0.2, 0) is 0 Å². The van der Waals surface area contributed by atoms with Crippen LogP contribution in [0.5, 0.6) is 0 Å². The smallest absolute Gasteiger partial charge is 0.253 e. The summed E-state index contributed by atoms with van der Waals surface area (Å²) >= 11 is 3.38. The van der Waals surface area contributed by atoms with Crippen LogP contribution >= 0.6 is 15.9 Å². The Bertz CT molecular complexity index is 378. The van der Waals surface area contributed by atoms with Gasteiger partial charge in [-0.2, -0.15) is 0 Å². The van der Waals surface area contributed by atoms with Crippen molar-refractivity contribution in [3.05, 3.63) is 28.2 Å². The standard InChI is InChI=1S/C10H11BrN2O/c1-6-5-12-9-4-7(11)2-3-8(9)10(14)13-6/h2-4,6,12H,5H2,1H3,(H,13,14)/t6-/m0/s1. The molecule has 4 heteroatoms. The number of benzene rings is 1. The first-order valence-corrected chi connectivity index (χ1v) is 5.30. The minimum Gasteiger partial charge on any atom is -0.382 e. The van der Waals surface area contributed by atoms with Gasteiger partial charge >= 0.3 is 0 Å². The Labute approximate surface area is 91.0 Å². The highest BCUT2D eigenvalue weighted by Crippen LogP contribution is 2.22. The van der Waals surface area contributed by atoms with Gasteiger partial charge in [-0.15, -0.1) is 0 Å². The number of rotatable bonds is 0. The summed E-state index contributed by atoms with van der Waals surface area (Å²) in [7, 11) is 0. The Morgan fingerprint density at radius 1 is 1.50 bits per heavy atom. The number of fused-ring (bicyclic) bond motifs is 1. The minimum atomic E-state index is -0.00926. The normalized spacial score (nSPS) is 20.4. The highest BCUT2D eigenvalue weighted by molar-refractivity contribution is 9.10. The molecule has 3 nitrogen and oxygen atoms in total. The van der Waals surface area contributed by atoms with Crippen molar-refractivity contribution in [1.29, 1.82) is 0 Å². The Balaban J connectivity index is 2.43. The number of nitrogens with one attached hydrogen (secondary N) is 2. The molecule has 1 heterocycles. The Kier molecular flexibility index (Phi) is 2.46. The van der Waals surface area contributed by atoms with Crippen molar-refractivity contribution in [1.82, 2.24) is 5.32 Å². The fourth-order valence-corrected chi connectivity index (χ4v) is 1.84. The van der Waals surface area contributed by atoms with E-state index >= 15 is 0 Å². The van der Waals surface area contributed by atoms with Gasteiger partial charge in [0.1, 0.15) is 0 Å². The highest BCUT2D eigenvalue weighted by Gasteiger charge is 2.18. The number of hydrogen-bond acceptors (Lipinski definition) is 2. The third-order valence-electron chi connectivity index (χ3n) is 2.20. The zero-order valence-electron chi connectivity index (χ0n) is 7.80. The topological polar surface area (TPSA) is 41.1 Å². The lowest BCUT2D eigenvalue weighted by molar-refractivity contribution is 0.0945. The van der Waals surface area contributed by atoms with Crippen LogP contribution in [0.1, 0.15) is 17.3 Å². The van der Waals surface area contributed by atoms with Gasteiger partial charge in [0.05, 0.1) is 5.56 Å². The number of carbonyl (C=O) groups is 1. The van der Waals surface area contributed by atoms with E-state index in [0.717, 1.165) is 16.7 Å². The second kappa shape index (κ2) is 3.61. The van der Waals surface area contributed by atoms with Gasteiger partial charge < -0.3 is 10.6 Å². The number of anilines is 1. The molecule has 14 heavy (non-hydrogen) atoms. The number of hydrogen-bond donors (Lipinski definition) is 2. The van der Waals surface area contributed by atoms with Crippen molar-refractivity contribution in [2.24, 2.45) is 0 Å². The second-order valence-electron chi connectivity index (χ2n) is 3.45. The van der Waals surface area contributed by atoms with Gasteiger partial charge in [0.15, 0.2) is 0 Å². The van der Waals surface area contributed by atoms with Crippen molar-refractivity contribution in [2.75, 3.05) is 11.9 Å². The molecular formula is C10H11BrN2O. The fraction of sp³-hybridized carbons (Fsp3) is 0.300. The predicted octanol–water partition coefficient (Wildman–Crippen LogP) is 1.99. The molecule has 1 aliphatic rings. The van der Waals surface area contributed by atoms with E-state index in [9.17, 15) is 4.79 Å². The summed E-state index contributed by atoms with van der Waals surface area (Å²) in [6.07, 6.45) is 0. The van der Waals surface area contributed by atoms with Crippen LogP contribution in [0.15, 0.2) is 22.7 Å². The van der Waals surface area contributed by atoms with Crippen LogP contribution in [0.2, 0.25) is 0 Å². The average molecular weight is 255 g/mol. The first-order chi connectivity index (χ1) is 6.66. The van der Waals surface area contributed by atoms with Gasteiger partial charge in [0.25, 0.3) is 5.91 Å². The van der Waals surface area contributed by atoms with E-state index in [2.05, 4.69) is 26.6 Å². The Hall–Kier alpha value is -1.03. The zero-order chi connectivity index (χ0) is 10.1. The van der Waals surface area contributed by atoms with Crippen LogP contribution in [0, 0.1) is 0 Å². The quantitative estimate of drug-likeness (QED) is 0.744. The average Bonchev–Trinajstić information content (AvgIpc) is 2.26. The third-order valence-corrected chi connectivity index (χ3v) is 2.70. The molecule has 0 aromatic heterocycles. The first kappa shape index (κ1) is 9.52. The van der Waals surface area contributed by atoms with Crippen molar-refractivity contribution >= 4 is 27.5 Å². The van der Waals surface area contributed by atoms with Crippen molar-refractivity contribution in [3.8, 4) is 0 Å². The Morgan fingerprint density at radius 3 is 3.07 bits per heavy atom. The van der Waals surface area contributed by atoms with E-state index in [1.54, 1.807) is 0 Å². The lowest BCUT2D eigenvalue weighted by Gasteiger charge is -2.08. The number of amides is 1.